The van der Waals surface area contributed by atoms with E-state index in [2.05, 4.69) is 4.84 Å². The van der Waals surface area contributed by atoms with Crippen LogP contribution in [0, 0.1) is 17.0 Å². The minimum Gasteiger partial charge on any atom is -0.497 e. The number of benzene rings is 3. The first-order valence-electron chi connectivity index (χ1n) is 11.2. The number of sulfonamides is 1. The molecule has 11 heteroatoms. The van der Waals surface area contributed by atoms with Gasteiger partial charge in [0, 0.05) is 13.1 Å². The van der Waals surface area contributed by atoms with Crippen LogP contribution >= 0.6 is 0 Å². The van der Waals surface area contributed by atoms with E-state index < -0.39 is 33.6 Å². The Balaban J connectivity index is 1.67. The second kappa shape index (κ2) is 11.8. The zero-order valence-electron chi connectivity index (χ0n) is 20.2. The fourth-order valence-electron chi connectivity index (χ4n) is 3.58. The van der Waals surface area contributed by atoms with Crippen LogP contribution in [0.1, 0.15) is 24.0 Å². The summed E-state index contributed by atoms with van der Waals surface area (Å²) in [5, 5.41) is 11.4. The lowest BCUT2D eigenvalue weighted by Crippen LogP contribution is -2.37. The average molecular weight is 517 g/mol. The first-order valence-corrected chi connectivity index (χ1v) is 12.6. The minimum atomic E-state index is -3.99. The van der Waals surface area contributed by atoms with Gasteiger partial charge in [0.2, 0.25) is 10.0 Å². The van der Waals surface area contributed by atoms with Crippen LogP contribution in [0.3, 0.4) is 0 Å². The fraction of sp³-hybridized carbons (Fsp3) is 0.320. The molecule has 3 aromatic carbocycles. The molecule has 0 spiro atoms. The topological polar surface area (TPSA) is 125 Å². The molecule has 3 rings (SSSR count). The molecule has 0 saturated carbocycles. The molecule has 0 aliphatic rings. The normalized spacial score (nSPS) is 12.3. The number of aryl methyl sites for hydroxylation is 1. The number of esters is 1. The summed E-state index contributed by atoms with van der Waals surface area (Å²) < 4.78 is 37.8. The molecule has 1 atom stereocenters. The molecule has 0 heterocycles. The van der Waals surface area contributed by atoms with Crippen molar-refractivity contribution in [3.8, 4) is 5.75 Å². The lowest BCUT2D eigenvalue weighted by atomic mass is 9.98. The molecule has 0 aliphatic carbocycles. The molecule has 0 radical (unpaired) electrons. The van der Waals surface area contributed by atoms with E-state index in [0.717, 1.165) is 32.0 Å². The van der Waals surface area contributed by atoms with Gasteiger partial charge in [0.15, 0.2) is 0 Å². The molecule has 36 heavy (non-hydrogen) atoms. The van der Waals surface area contributed by atoms with Crippen molar-refractivity contribution in [1.29, 1.82) is 0 Å². The van der Waals surface area contributed by atoms with Gasteiger partial charge in [0.1, 0.15) is 19.0 Å². The van der Waals surface area contributed by atoms with Gasteiger partial charge in [0.05, 0.1) is 17.9 Å². The summed E-state index contributed by atoms with van der Waals surface area (Å²) in [6, 6.07) is 17.5. The Hall–Kier alpha value is -3.70. The zero-order valence-corrected chi connectivity index (χ0v) is 21.1. The van der Waals surface area contributed by atoms with Crippen molar-refractivity contribution in [2.45, 2.75) is 24.7 Å². The quantitative estimate of drug-likeness (QED) is 0.203. The number of ether oxygens (including phenoxy) is 2. The van der Waals surface area contributed by atoms with Gasteiger partial charge >= 0.3 is 5.97 Å². The standard InChI is InChI=1S/C25H28N2O8S/c1-18-4-10-24(11-5-18)36(31,32)26(13-15-35-27(29)30)12-14-34-25(28)19(2)20-6-7-22-17-23(33-3)9-8-21(22)16-20/h4-11,16-17,19H,12-15H2,1-3H3/t19-/m0/s1. The van der Waals surface area contributed by atoms with Gasteiger partial charge in [-0.05, 0) is 54.4 Å². The van der Waals surface area contributed by atoms with Crippen molar-refractivity contribution in [3.63, 3.8) is 0 Å². The molecule has 0 aromatic heterocycles. The van der Waals surface area contributed by atoms with Crippen LogP contribution in [0.2, 0.25) is 0 Å². The van der Waals surface area contributed by atoms with Gasteiger partial charge in [-0.3, -0.25) is 4.79 Å². The van der Waals surface area contributed by atoms with Crippen molar-refractivity contribution in [3.05, 3.63) is 81.9 Å². The molecule has 0 aliphatic heterocycles. The first-order chi connectivity index (χ1) is 17.1. The van der Waals surface area contributed by atoms with Crippen LogP contribution in [-0.2, 0) is 24.4 Å². The van der Waals surface area contributed by atoms with Crippen molar-refractivity contribution < 1.29 is 32.6 Å². The van der Waals surface area contributed by atoms with Crippen molar-refractivity contribution in [2.24, 2.45) is 0 Å². The van der Waals surface area contributed by atoms with E-state index in [9.17, 15) is 23.3 Å². The highest BCUT2D eigenvalue weighted by atomic mass is 32.2. The maximum atomic E-state index is 13.1. The molecule has 0 unspecified atom stereocenters. The van der Waals surface area contributed by atoms with Crippen molar-refractivity contribution in [1.82, 2.24) is 4.31 Å². The Morgan fingerprint density at radius 3 is 2.31 bits per heavy atom. The van der Waals surface area contributed by atoms with Gasteiger partial charge < -0.3 is 14.3 Å². The fourth-order valence-corrected chi connectivity index (χ4v) is 4.98. The highest BCUT2D eigenvalue weighted by Gasteiger charge is 2.25. The predicted molar refractivity (Wildman–Crippen MR) is 133 cm³/mol. The van der Waals surface area contributed by atoms with Crippen molar-refractivity contribution >= 4 is 26.8 Å². The summed E-state index contributed by atoms with van der Waals surface area (Å²) >= 11 is 0. The molecule has 3 aromatic rings. The van der Waals surface area contributed by atoms with Crippen LogP contribution in [0.4, 0.5) is 0 Å². The lowest BCUT2D eigenvalue weighted by molar-refractivity contribution is -0.757. The number of carbonyl (C=O) groups is 1. The number of rotatable bonds is 12. The van der Waals surface area contributed by atoms with E-state index in [1.165, 1.54) is 12.1 Å². The summed E-state index contributed by atoms with van der Waals surface area (Å²) in [5.74, 6) is -0.370. The molecule has 0 bridgehead atoms. The Morgan fingerprint density at radius 1 is 1.00 bits per heavy atom. The average Bonchev–Trinajstić information content (AvgIpc) is 2.86. The van der Waals surface area contributed by atoms with Gasteiger partial charge in [-0.15, -0.1) is 10.1 Å². The molecule has 192 valence electrons. The van der Waals surface area contributed by atoms with Crippen LogP contribution in [0.25, 0.3) is 10.8 Å². The minimum absolute atomic E-state index is 0.0293. The number of methoxy groups -OCH3 is 1. The molecule has 0 amide bonds. The van der Waals surface area contributed by atoms with E-state index in [1.807, 2.05) is 43.3 Å². The lowest BCUT2D eigenvalue weighted by Gasteiger charge is -2.22. The molecule has 0 N–H and O–H groups in total. The van der Waals surface area contributed by atoms with Crippen LogP contribution < -0.4 is 4.74 Å². The Labute approximate surface area is 209 Å². The predicted octanol–water partition coefficient (Wildman–Crippen LogP) is 3.70. The van der Waals surface area contributed by atoms with E-state index >= 15 is 0 Å². The highest BCUT2D eigenvalue weighted by molar-refractivity contribution is 7.89. The Morgan fingerprint density at radius 2 is 1.64 bits per heavy atom. The molecule has 0 fully saturated rings. The SMILES string of the molecule is COc1ccc2cc([C@H](C)C(=O)OCCN(CCO[N+](=O)[O-])S(=O)(=O)c3ccc(C)cc3)ccc2c1. The molecule has 0 saturated heterocycles. The zero-order chi connectivity index (χ0) is 26.3. The first kappa shape index (κ1) is 26.9. The number of nitrogens with zero attached hydrogens (tertiary/aromatic N) is 2. The van der Waals surface area contributed by atoms with E-state index in [4.69, 9.17) is 9.47 Å². The smallest absolute Gasteiger partial charge is 0.313 e. The van der Waals surface area contributed by atoms with Gasteiger partial charge in [0.25, 0.3) is 5.09 Å². The number of carbonyl (C=O) groups excluding carboxylic acids is 1. The summed E-state index contributed by atoms with van der Waals surface area (Å²) in [7, 11) is -2.39. The maximum Gasteiger partial charge on any atom is 0.313 e. The number of fused-ring (bicyclic) bond motifs is 1. The van der Waals surface area contributed by atoms with Crippen molar-refractivity contribution in [2.75, 3.05) is 33.4 Å². The number of hydrogen-bond acceptors (Lipinski definition) is 8. The Bertz CT molecular complexity index is 1330. The van der Waals surface area contributed by atoms with E-state index in [-0.39, 0.29) is 24.6 Å². The third kappa shape index (κ3) is 6.70. The largest absolute Gasteiger partial charge is 0.497 e. The third-order valence-electron chi connectivity index (χ3n) is 5.71. The third-order valence-corrected chi connectivity index (χ3v) is 7.62. The Kier molecular flexibility index (Phi) is 8.83. The summed E-state index contributed by atoms with van der Waals surface area (Å²) in [4.78, 5) is 27.5. The van der Waals surface area contributed by atoms with Gasteiger partial charge in [-0.2, -0.15) is 4.31 Å². The summed E-state index contributed by atoms with van der Waals surface area (Å²) in [5.41, 5.74) is 1.63. The maximum absolute atomic E-state index is 13.1. The second-order valence-electron chi connectivity index (χ2n) is 8.14. The van der Waals surface area contributed by atoms with E-state index in [0.29, 0.717) is 0 Å². The van der Waals surface area contributed by atoms with E-state index in [1.54, 1.807) is 26.2 Å². The monoisotopic (exact) mass is 516 g/mol. The van der Waals surface area contributed by atoms with Crippen LogP contribution in [-0.4, -0.2) is 57.2 Å². The summed E-state index contributed by atoms with van der Waals surface area (Å²) in [6.45, 7) is 2.39. The number of hydrogen-bond donors (Lipinski definition) is 0. The summed E-state index contributed by atoms with van der Waals surface area (Å²) in [6.07, 6.45) is 0. The van der Waals surface area contributed by atoms with Crippen LogP contribution in [0.5, 0.6) is 5.75 Å². The molecule has 10 nitrogen and oxygen atoms in total. The highest BCUT2D eigenvalue weighted by Crippen LogP contribution is 2.26. The molecular formula is C25H28N2O8S. The second-order valence-corrected chi connectivity index (χ2v) is 10.1. The molecular weight excluding hydrogens is 488 g/mol. The van der Waals surface area contributed by atoms with Crippen LogP contribution in [0.15, 0.2) is 65.6 Å². The van der Waals surface area contributed by atoms with Gasteiger partial charge in [-0.25, -0.2) is 8.42 Å². The van der Waals surface area contributed by atoms with Gasteiger partial charge in [-0.1, -0.05) is 42.0 Å².